The molecule has 3 rings (SSSR count). The number of sulfonamides is 1. The van der Waals surface area contributed by atoms with E-state index in [1.165, 1.54) is 6.07 Å². The van der Waals surface area contributed by atoms with Gasteiger partial charge in [0.25, 0.3) is 0 Å². The minimum absolute atomic E-state index is 0.0625. The highest BCUT2D eigenvalue weighted by molar-refractivity contribution is 7.89. The monoisotopic (exact) mass is 458 g/mol. The molecule has 0 amide bonds. The second-order valence-corrected chi connectivity index (χ2v) is 8.18. The van der Waals surface area contributed by atoms with Crippen LogP contribution in [0.15, 0.2) is 59.6 Å². The lowest BCUT2D eigenvalue weighted by Gasteiger charge is -2.14. The van der Waals surface area contributed by atoms with Crippen LogP contribution in [0.5, 0.6) is 11.5 Å². The predicted octanol–water partition coefficient (Wildman–Crippen LogP) is 2.80. The van der Waals surface area contributed by atoms with Crippen LogP contribution in [0.3, 0.4) is 0 Å². The first-order valence-electron chi connectivity index (χ1n) is 10.2. The second-order valence-electron chi connectivity index (χ2n) is 6.44. The van der Waals surface area contributed by atoms with Gasteiger partial charge in [0.2, 0.25) is 10.0 Å². The molecule has 10 nitrogen and oxygen atoms in total. The highest BCUT2D eigenvalue weighted by Gasteiger charge is 2.20. The van der Waals surface area contributed by atoms with Crippen molar-refractivity contribution in [3.05, 3.63) is 54.7 Å². The van der Waals surface area contributed by atoms with E-state index in [1.54, 1.807) is 37.4 Å². The third kappa shape index (κ3) is 6.53. The van der Waals surface area contributed by atoms with Crippen LogP contribution in [0.25, 0.3) is 0 Å². The van der Waals surface area contributed by atoms with Gasteiger partial charge in [-0.2, -0.15) is 0 Å². The number of benzene rings is 1. The van der Waals surface area contributed by atoms with Gasteiger partial charge < -0.3 is 20.1 Å². The summed E-state index contributed by atoms with van der Waals surface area (Å²) in [6, 6.07) is 13.7. The van der Waals surface area contributed by atoms with Gasteiger partial charge in [-0.25, -0.2) is 18.1 Å². The highest BCUT2D eigenvalue weighted by atomic mass is 32.2. The fourth-order valence-electron chi connectivity index (χ4n) is 2.75. The predicted molar refractivity (Wildman–Crippen MR) is 122 cm³/mol. The Bertz CT molecular complexity index is 1100. The van der Waals surface area contributed by atoms with Crippen molar-refractivity contribution in [3.8, 4) is 11.5 Å². The lowest BCUT2D eigenvalue weighted by molar-refractivity contribution is 0.317. The summed E-state index contributed by atoms with van der Waals surface area (Å²) in [5.74, 6) is 2.54. The van der Waals surface area contributed by atoms with Gasteiger partial charge in [0.1, 0.15) is 28.0 Å². The summed E-state index contributed by atoms with van der Waals surface area (Å²) in [5, 5.41) is 14.2. The maximum absolute atomic E-state index is 12.7. The average molecular weight is 459 g/mol. The summed E-state index contributed by atoms with van der Waals surface area (Å²) < 4.78 is 38.9. The quantitative estimate of drug-likeness (QED) is 0.351. The third-order valence-corrected chi connectivity index (χ3v) is 5.62. The molecule has 170 valence electrons. The Morgan fingerprint density at radius 3 is 2.34 bits per heavy atom. The normalized spacial score (nSPS) is 11.1. The van der Waals surface area contributed by atoms with E-state index in [0.717, 1.165) is 0 Å². The zero-order valence-corrected chi connectivity index (χ0v) is 18.7. The maximum Gasteiger partial charge on any atom is 0.244 e. The van der Waals surface area contributed by atoms with Crippen LogP contribution in [-0.2, 0) is 10.0 Å². The van der Waals surface area contributed by atoms with Crippen molar-refractivity contribution in [1.82, 2.24) is 19.9 Å². The van der Waals surface area contributed by atoms with E-state index < -0.39 is 10.0 Å². The number of aromatic nitrogens is 3. The van der Waals surface area contributed by atoms with Crippen LogP contribution in [-0.4, -0.2) is 49.9 Å². The van der Waals surface area contributed by atoms with Gasteiger partial charge in [-0.15, -0.1) is 10.2 Å². The molecule has 0 atom stereocenters. The summed E-state index contributed by atoms with van der Waals surface area (Å²) in [6.07, 6.45) is 1.68. The van der Waals surface area contributed by atoms with Crippen LogP contribution in [0.2, 0.25) is 0 Å². The van der Waals surface area contributed by atoms with Gasteiger partial charge in [-0.1, -0.05) is 6.07 Å². The molecule has 0 unspecified atom stereocenters. The number of rotatable bonds is 12. The molecule has 0 aliphatic heterocycles. The molecule has 1 aromatic carbocycles. The Kier molecular flexibility index (Phi) is 8.17. The summed E-state index contributed by atoms with van der Waals surface area (Å²) in [5.41, 5.74) is 0. The van der Waals surface area contributed by atoms with E-state index in [2.05, 4.69) is 30.5 Å². The summed E-state index contributed by atoms with van der Waals surface area (Å²) in [4.78, 5) is 4.22. The average Bonchev–Trinajstić information content (AvgIpc) is 2.79. The maximum atomic E-state index is 12.7. The van der Waals surface area contributed by atoms with Crippen molar-refractivity contribution < 1.29 is 17.9 Å². The van der Waals surface area contributed by atoms with E-state index in [-0.39, 0.29) is 17.2 Å². The van der Waals surface area contributed by atoms with Crippen molar-refractivity contribution in [2.75, 3.05) is 36.9 Å². The fourth-order valence-corrected chi connectivity index (χ4v) is 3.91. The SMILES string of the molecule is CCOc1ccc(S(=O)(=O)NCCNc2ccc(Nc3ccccn3)nn2)c(OCC)c1. The number of nitrogens with zero attached hydrogens (tertiary/aromatic N) is 3. The van der Waals surface area contributed by atoms with E-state index in [4.69, 9.17) is 9.47 Å². The number of anilines is 3. The molecule has 11 heteroatoms. The molecule has 3 aromatic rings. The largest absolute Gasteiger partial charge is 0.494 e. The Balaban J connectivity index is 1.53. The zero-order chi connectivity index (χ0) is 22.8. The van der Waals surface area contributed by atoms with Crippen molar-refractivity contribution in [1.29, 1.82) is 0 Å². The number of hydrogen-bond donors (Lipinski definition) is 3. The van der Waals surface area contributed by atoms with Crippen LogP contribution in [0.1, 0.15) is 13.8 Å². The number of nitrogens with one attached hydrogen (secondary N) is 3. The Labute approximate surface area is 187 Å². The number of pyridine rings is 1. The molecular formula is C21H26N6O4S. The molecular weight excluding hydrogens is 432 g/mol. The fraction of sp³-hybridized carbons (Fsp3) is 0.286. The van der Waals surface area contributed by atoms with Crippen molar-refractivity contribution in [2.45, 2.75) is 18.7 Å². The van der Waals surface area contributed by atoms with Crippen molar-refractivity contribution >= 4 is 27.5 Å². The molecule has 2 aromatic heterocycles. The van der Waals surface area contributed by atoms with Crippen molar-refractivity contribution in [3.63, 3.8) is 0 Å². The molecule has 0 aliphatic carbocycles. The zero-order valence-electron chi connectivity index (χ0n) is 17.9. The minimum atomic E-state index is -3.76. The van der Waals surface area contributed by atoms with Gasteiger partial charge in [0.15, 0.2) is 5.82 Å². The van der Waals surface area contributed by atoms with E-state index in [0.29, 0.717) is 43.0 Å². The Morgan fingerprint density at radius 1 is 0.875 bits per heavy atom. The minimum Gasteiger partial charge on any atom is -0.494 e. The first-order valence-corrected chi connectivity index (χ1v) is 11.6. The molecule has 2 heterocycles. The standard InChI is InChI=1S/C21H26N6O4S/c1-3-30-16-8-9-18(17(15-16)31-4-2)32(28,29)24-14-13-23-20-10-11-21(27-26-20)25-19-7-5-6-12-22-19/h5-12,15,24H,3-4,13-14H2,1-2H3,(H,23,26)(H,22,25,27). The van der Waals surface area contributed by atoms with Gasteiger partial charge >= 0.3 is 0 Å². The van der Waals surface area contributed by atoms with E-state index >= 15 is 0 Å². The molecule has 0 fully saturated rings. The molecule has 0 aliphatic rings. The van der Waals surface area contributed by atoms with Crippen LogP contribution < -0.4 is 24.8 Å². The van der Waals surface area contributed by atoms with E-state index in [9.17, 15) is 8.42 Å². The molecule has 0 saturated heterocycles. The first-order chi connectivity index (χ1) is 15.5. The topological polar surface area (TPSA) is 127 Å². The van der Waals surface area contributed by atoms with Crippen LogP contribution in [0.4, 0.5) is 17.5 Å². The summed E-state index contributed by atoms with van der Waals surface area (Å²) in [6.45, 7) is 4.93. The Hall–Kier alpha value is -3.44. The first kappa shape index (κ1) is 23.2. The molecule has 0 bridgehead atoms. The molecule has 3 N–H and O–H groups in total. The molecule has 0 radical (unpaired) electrons. The van der Waals surface area contributed by atoms with Gasteiger partial charge in [-0.05, 0) is 50.2 Å². The van der Waals surface area contributed by atoms with Gasteiger partial charge in [-0.3, -0.25) is 0 Å². The third-order valence-electron chi connectivity index (χ3n) is 4.12. The molecule has 0 spiro atoms. The smallest absolute Gasteiger partial charge is 0.244 e. The molecule has 0 saturated carbocycles. The number of ether oxygens (including phenoxy) is 2. The molecule has 32 heavy (non-hydrogen) atoms. The van der Waals surface area contributed by atoms with Crippen LogP contribution >= 0.6 is 0 Å². The lowest BCUT2D eigenvalue weighted by Crippen LogP contribution is -2.29. The summed E-state index contributed by atoms with van der Waals surface area (Å²) >= 11 is 0. The van der Waals surface area contributed by atoms with Gasteiger partial charge in [0, 0.05) is 25.4 Å². The van der Waals surface area contributed by atoms with E-state index in [1.807, 2.05) is 25.1 Å². The second kappa shape index (κ2) is 11.3. The van der Waals surface area contributed by atoms with Crippen LogP contribution in [0, 0.1) is 0 Å². The van der Waals surface area contributed by atoms with Crippen molar-refractivity contribution in [2.24, 2.45) is 0 Å². The lowest BCUT2D eigenvalue weighted by atomic mass is 10.3. The van der Waals surface area contributed by atoms with Gasteiger partial charge in [0.05, 0.1) is 13.2 Å². The Morgan fingerprint density at radius 2 is 1.66 bits per heavy atom. The summed E-state index contributed by atoms with van der Waals surface area (Å²) in [7, 11) is -3.76. The number of hydrogen-bond acceptors (Lipinski definition) is 9. The highest BCUT2D eigenvalue weighted by Crippen LogP contribution is 2.28.